The summed E-state index contributed by atoms with van der Waals surface area (Å²) in [6, 6.07) is 0. The summed E-state index contributed by atoms with van der Waals surface area (Å²) in [6.45, 7) is 4.28. The third kappa shape index (κ3) is 3.88. The van der Waals surface area contributed by atoms with E-state index >= 15 is 0 Å². The van der Waals surface area contributed by atoms with Gasteiger partial charge in [0.05, 0.1) is 17.8 Å². The minimum absolute atomic E-state index is 0.0216. The minimum atomic E-state index is 0.0216. The van der Waals surface area contributed by atoms with Gasteiger partial charge in [-0.3, -0.25) is 4.90 Å². The molecule has 0 bridgehead atoms. The third-order valence-corrected chi connectivity index (χ3v) is 4.09. The second-order valence-electron chi connectivity index (χ2n) is 5.61. The molecule has 1 aliphatic rings. The highest BCUT2D eigenvalue weighted by atomic mass is 32.1. The molecular weight excluding hydrogens is 286 g/mol. The SMILES string of the molecule is CN(C)Cc1cnc(C2CN(Cc3cscn3)CCO2)[nH]1. The van der Waals surface area contributed by atoms with Crippen molar-refractivity contribution in [1.82, 2.24) is 24.8 Å². The molecule has 1 N–H and O–H groups in total. The number of H-pyrrole nitrogens is 1. The van der Waals surface area contributed by atoms with E-state index in [0.717, 1.165) is 50.0 Å². The van der Waals surface area contributed by atoms with E-state index < -0.39 is 0 Å². The average molecular weight is 307 g/mol. The van der Waals surface area contributed by atoms with Crippen LogP contribution in [0.4, 0.5) is 0 Å². The number of imidazole rings is 1. The summed E-state index contributed by atoms with van der Waals surface area (Å²) in [5.74, 6) is 0.926. The predicted octanol–water partition coefficient (Wildman–Crippen LogP) is 1.50. The summed E-state index contributed by atoms with van der Waals surface area (Å²) >= 11 is 1.64. The highest BCUT2D eigenvalue weighted by molar-refractivity contribution is 7.07. The van der Waals surface area contributed by atoms with Gasteiger partial charge >= 0.3 is 0 Å². The maximum absolute atomic E-state index is 5.86. The fraction of sp³-hybridized carbons (Fsp3) is 0.571. The van der Waals surface area contributed by atoms with E-state index in [9.17, 15) is 0 Å². The molecular formula is C14H21N5OS. The summed E-state index contributed by atoms with van der Waals surface area (Å²) in [6.07, 6.45) is 1.92. The lowest BCUT2D eigenvalue weighted by atomic mass is 10.2. The van der Waals surface area contributed by atoms with Crippen molar-refractivity contribution < 1.29 is 4.74 Å². The zero-order valence-electron chi connectivity index (χ0n) is 12.5. The Morgan fingerprint density at radius 3 is 3.14 bits per heavy atom. The second kappa shape index (κ2) is 6.65. The molecule has 0 amide bonds. The number of thiazole rings is 1. The molecule has 0 radical (unpaired) electrons. The number of nitrogens with one attached hydrogen (secondary N) is 1. The van der Waals surface area contributed by atoms with Crippen molar-refractivity contribution in [1.29, 1.82) is 0 Å². The Bertz CT molecular complexity index is 553. The molecule has 0 spiro atoms. The number of rotatable bonds is 5. The fourth-order valence-electron chi connectivity index (χ4n) is 2.52. The number of aromatic nitrogens is 3. The first-order valence-electron chi connectivity index (χ1n) is 7.10. The lowest BCUT2D eigenvalue weighted by Crippen LogP contribution is -2.38. The molecule has 1 atom stereocenters. The van der Waals surface area contributed by atoms with Crippen LogP contribution in [0.25, 0.3) is 0 Å². The molecule has 6 nitrogen and oxygen atoms in total. The smallest absolute Gasteiger partial charge is 0.136 e. The number of nitrogens with zero attached hydrogens (tertiary/aromatic N) is 4. The topological polar surface area (TPSA) is 57.3 Å². The van der Waals surface area contributed by atoms with Crippen LogP contribution in [-0.4, -0.2) is 58.5 Å². The van der Waals surface area contributed by atoms with Gasteiger partial charge in [0, 0.05) is 43.4 Å². The summed E-state index contributed by atoms with van der Waals surface area (Å²) in [7, 11) is 4.10. The Morgan fingerprint density at radius 2 is 2.38 bits per heavy atom. The molecule has 21 heavy (non-hydrogen) atoms. The van der Waals surface area contributed by atoms with E-state index in [1.165, 1.54) is 0 Å². The Balaban J connectivity index is 1.61. The van der Waals surface area contributed by atoms with Crippen molar-refractivity contribution in [2.45, 2.75) is 19.2 Å². The van der Waals surface area contributed by atoms with Crippen LogP contribution in [0, 0.1) is 0 Å². The summed E-state index contributed by atoms with van der Waals surface area (Å²) < 4.78 is 5.86. The van der Waals surface area contributed by atoms with Gasteiger partial charge in [-0.2, -0.15) is 0 Å². The van der Waals surface area contributed by atoms with Gasteiger partial charge in [-0.05, 0) is 14.1 Å². The zero-order valence-corrected chi connectivity index (χ0v) is 13.3. The Hall–Kier alpha value is -1.28. The third-order valence-electron chi connectivity index (χ3n) is 3.46. The number of hydrogen-bond donors (Lipinski definition) is 1. The van der Waals surface area contributed by atoms with Crippen LogP contribution in [-0.2, 0) is 17.8 Å². The predicted molar refractivity (Wildman–Crippen MR) is 82.1 cm³/mol. The van der Waals surface area contributed by atoms with Gasteiger partial charge in [0.1, 0.15) is 11.9 Å². The number of ether oxygens (including phenoxy) is 1. The van der Waals surface area contributed by atoms with Crippen LogP contribution in [0.3, 0.4) is 0 Å². The lowest BCUT2D eigenvalue weighted by Gasteiger charge is -2.31. The standard InChI is InChI=1S/C14H21N5OS/c1-18(2)6-11-5-15-14(17-11)13-8-19(3-4-20-13)7-12-9-21-10-16-12/h5,9-10,13H,3-4,6-8H2,1-2H3,(H,15,17). The van der Waals surface area contributed by atoms with Gasteiger partial charge < -0.3 is 14.6 Å². The van der Waals surface area contributed by atoms with Crippen LogP contribution in [0.15, 0.2) is 17.1 Å². The first-order chi connectivity index (χ1) is 10.2. The normalized spacial score (nSPS) is 20.2. The molecule has 0 aromatic carbocycles. The number of aromatic amines is 1. The van der Waals surface area contributed by atoms with Crippen LogP contribution in [0.1, 0.15) is 23.3 Å². The van der Waals surface area contributed by atoms with Crippen molar-refractivity contribution in [3.8, 4) is 0 Å². The van der Waals surface area contributed by atoms with E-state index in [1.807, 2.05) is 25.8 Å². The lowest BCUT2D eigenvalue weighted by molar-refractivity contribution is -0.0372. The zero-order chi connectivity index (χ0) is 14.7. The van der Waals surface area contributed by atoms with Crippen molar-refractivity contribution in [3.05, 3.63) is 34.3 Å². The molecule has 2 aromatic rings. The molecule has 2 aromatic heterocycles. The summed E-state index contributed by atoms with van der Waals surface area (Å²) in [5, 5.41) is 2.10. The van der Waals surface area contributed by atoms with Crippen molar-refractivity contribution in [2.75, 3.05) is 33.8 Å². The Morgan fingerprint density at radius 1 is 1.48 bits per heavy atom. The van der Waals surface area contributed by atoms with Crippen molar-refractivity contribution in [3.63, 3.8) is 0 Å². The Labute approximate surface area is 128 Å². The molecule has 0 aliphatic carbocycles. The molecule has 1 unspecified atom stereocenters. The van der Waals surface area contributed by atoms with E-state index in [0.29, 0.717) is 0 Å². The molecule has 1 saturated heterocycles. The van der Waals surface area contributed by atoms with Crippen LogP contribution < -0.4 is 0 Å². The van der Waals surface area contributed by atoms with E-state index in [4.69, 9.17) is 4.74 Å². The van der Waals surface area contributed by atoms with Gasteiger partial charge in [-0.25, -0.2) is 9.97 Å². The molecule has 0 saturated carbocycles. The van der Waals surface area contributed by atoms with Crippen LogP contribution in [0.2, 0.25) is 0 Å². The second-order valence-corrected chi connectivity index (χ2v) is 6.32. The van der Waals surface area contributed by atoms with E-state index in [2.05, 4.69) is 30.1 Å². The first-order valence-corrected chi connectivity index (χ1v) is 8.04. The van der Waals surface area contributed by atoms with E-state index in [1.54, 1.807) is 11.3 Å². The number of morpholine rings is 1. The van der Waals surface area contributed by atoms with Crippen LogP contribution >= 0.6 is 11.3 Å². The maximum atomic E-state index is 5.86. The number of hydrogen-bond acceptors (Lipinski definition) is 6. The Kier molecular flexibility index (Phi) is 4.64. The van der Waals surface area contributed by atoms with E-state index in [-0.39, 0.29) is 6.10 Å². The van der Waals surface area contributed by atoms with Gasteiger partial charge in [-0.15, -0.1) is 11.3 Å². The fourth-order valence-corrected chi connectivity index (χ4v) is 3.07. The minimum Gasteiger partial charge on any atom is -0.368 e. The van der Waals surface area contributed by atoms with Crippen molar-refractivity contribution in [2.24, 2.45) is 0 Å². The van der Waals surface area contributed by atoms with Gasteiger partial charge in [-0.1, -0.05) is 0 Å². The van der Waals surface area contributed by atoms with Crippen molar-refractivity contribution >= 4 is 11.3 Å². The maximum Gasteiger partial charge on any atom is 0.136 e. The molecule has 3 rings (SSSR count). The molecule has 7 heteroatoms. The molecule has 1 aliphatic heterocycles. The quantitative estimate of drug-likeness (QED) is 0.907. The molecule has 1 fully saturated rings. The molecule has 3 heterocycles. The monoisotopic (exact) mass is 307 g/mol. The average Bonchev–Trinajstić information content (AvgIpc) is 3.10. The van der Waals surface area contributed by atoms with Gasteiger partial charge in [0.2, 0.25) is 0 Å². The highest BCUT2D eigenvalue weighted by Crippen LogP contribution is 2.21. The summed E-state index contributed by atoms with van der Waals surface area (Å²) in [5.41, 5.74) is 4.14. The van der Waals surface area contributed by atoms with Crippen LogP contribution in [0.5, 0.6) is 0 Å². The molecule has 114 valence electrons. The van der Waals surface area contributed by atoms with Gasteiger partial charge in [0.25, 0.3) is 0 Å². The summed E-state index contributed by atoms with van der Waals surface area (Å²) in [4.78, 5) is 16.7. The highest BCUT2D eigenvalue weighted by Gasteiger charge is 2.24. The largest absolute Gasteiger partial charge is 0.368 e. The first kappa shape index (κ1) is 14.6. The van der Waals surface area contributed by atoms with Gasteiger partial charge in [0.15, 0.2) is 0 Å².